The van der Waals surface area contributed by atoms with Crippen molar-refractivity contribution in [1.82, 2.24) is 0 Å². The number of hydrogen-bond acceptors (Lipinski definition) is 5. The molecule has 4 rings (SSSR count). The molecule has 0 radical (unpaired) electrons. The Balaban J connectivity index is 0.000000179. The molecule has 1 unspecified atom stereocenters. The number of Topliss-reactive ketones (excluding diaryl/α,β-unsaturated/α-hetero) is 1. The molecule has 2 N–H and O–H groups in total. The number of carbonyl (C=O) groups excluding carboxylic acids is 3. The zero-order valence-electron chi connectivity index (χ0n) is 17.5. The molecule has 1 atom stereocenters. The molecule has 0 aromatic heterocycles. The Kier molecular flexibility index (Phi) is 7.19. The van der Waals surface area contributed by atoms with Crippen LogP contribution < -0.4 is 0 Å². The number of hydrogen-bond donors (Lipinski definition) is 2. The van der Waals surface area contributed by atoms with Crippen molar-refractivity contribution in [3.8, 4) is 11.5 Å². The van der Waals surface area contributed by atoms with Crippen LogP contribution in [0.2, 0.25) is 0 Å². The van der Waals surface area contributed by atoms with Crippen LogP contribution in [0.25, 0.3) is 11.1 Å². The first kappa shape index (κ1) is 22.2. The van der Waals surface area contributed by atoms with Crippen LogP contribution >= 0.6 is 0 Å². The van der Waals surface area contributed by atoms with E-state index < -0.39 is 5.92 Å². The highest BCUT2D eigenvalue weighted by molar-refractivity contribution is 6.10. The Labute approximate surface area is 181 Å². The van der Waals surface area contributed by atoms with Crippen molar-refractivity contribution in [2.24, 2.45) is 5.92 Å². The average Bonchev–Trinajstić information content (AvgIpc) is 2.74. The summed E-state index contributed by atoms with van der Waals surface area (Å²) in [5.74, 6) is -0.0417. The highest BCUT2D eigenvalue weighted by Crippen LogP contribution is 2.30. The number of phenolic OH excluding ortho intramolecular Hbond substituents is 2. The summed E-state index contributed by atoms with van der Waals surface area (Å²) in [4.78, 5) is 34.2. The monoisotopic (exact) mass is 418 g/mol. The van der Waals surface area contributed by atoms with Gasteiger partial charge in [-0.15, -0.1) is 0 Å². The van der Waals surface area contributed by atoms with E-state index in [-0.39, 0.29) is 28.8 Å². The SMILES string of the molecule is CC(=O)C1CCC(c2cccc(O)c2)=CC1=O.O=C1C=C(c2cccc(O)c2)CCC1. The van der Waals surface area contributed by atoms with Crippen LogP contribution in [-0.2, 0) is 14.4 Å². The van der Waals surface area contributed by atoms with Crippen LogP contribution in [0.5, 0.6) is 11.5 Å². The molecule has 2 aromatic rings. The second-order valence-electron chi connectivity index (χ2n) is 7.86. The lowest BCUT2D eigenvalue weighted by Crippen LogP contribution is -2.23. The van der Waals surface area contributed by atoms with E-state index >= 15 is 0 Å². The summed E-state index contributed by atoms with van der Waals surface area (Å²) in [5.41, 5.74) is 3.74. The lowest BCUT2D eigenvalue weighted by atomic mass is 9.84. The van der Waals surface area contributed by atoms with Gasteiger partial charge in [0, 0.05) is 6.42 Å². The van der Waals surface area contributed by atoms with E-state index in [9.17, 15) is 24.6 Å². The first-order chi connectivity index (χ1) is 14.8. The van der Waals surface area contributed by atoms with Crippen molar-refractivity contribution in [1.29, 1.82) is 0 Å². The Morgan fingerprint density at radius 3 is 1.90 bits per heavy atom. The van der Waals surface area contributed by atoms with Gasteiger partial charge in [0.05, 0.1) is 5.92 Å². The molecule has 0 heterocycles. The molecule has 2 aromatic carbocycles. The summed E-state index contributed by atoms with van der Waals surface area (Å²) in [5, 5.41) is 18.7. The van der Waals surface area contributed by atoms with E-state index in [1.54, 1.807) is 42.5 Å². The normalized spacial score (nSPS) is 18.4. The number of allylic oxidation sites excluding steroid dienone is 4. The predicted octanol–water partition coefficient (Wildman–Crippen LogP) is 4.87. The summed E-state index contributed by atoms with van der Waals surface area (Å²) < 4.78 is 0. The van der Waals surface area contributed by atoms with Gasteiger partial charge in [-0.05, 0) is 91.3 Å². The molecule has 0 fully saturated rings. The number of ketones is 3. The fraction of sp³-hybridized carbons (Fsp3) is 0.269. The molecule has 2 aliphatic rings. The Morgan fingerprint density at radius 2 is 1.42 bits per heavy atom. The standard InChI is InChI=1S/C14H14O3.C12H12O2/c1-9(15)13-6-5-11(8-14(13)17)10-3-2-4-12(16)7-10;13-11-5-1-3-9(7-11)10-4-2-6-12(14)8-10/h2-4,7-8,13,16H,5-6H2,1H3;1,3,5,7-8,13H,2,4,6H2. The summed E-state index contributed by atoms with van der Waals surface area (Å²) in [6.07, 6.45) is 6.98. The Bertz CT molecular complexity index is 1060. The fourth-order valence-corrected chi connectivity index (χ4v) is 3.85. The molecule has 0 bridgehead atoms. The molecule has 0 aliphatic heterocycles. The van der Waals surface area contributed by atoms with Crippen LogP contribution in [0.1, 0.15) is 50.2 Å². The highest BCUT2D eigenvalue weighted by Gasteiger charge is 2.26. The number of rotatable bonds is 3. The summed E-state index contributed by atoms with van der Waals surface area (Å²) in [7, 11) is 0. The fourth-order valence-electron chi connectivity index (χ4n) is 3.85. The molecular formula is C26H26O5. The first-order valence-corrected chi connectivity index (χ1v) is 10.4. The van der Waals surface area contributed by atoms with Gasteiger partial charge in [-0.25, -0.2) is 0 Å². The van der Waals surface area contributed by atoms with E-state index in [1.165, 1.54) is 13.0 Å². The van der Waals surface area contributed by atoms with Crippen LogP contribution in [-0.4, -0.2) is 27.6 Å². The maximum atomic E-state index is 11.7. The van der Waals surface area contributed by atoms with Crippen LogP contribution in [0.4, 0.5) is 0 Å². The van der Waals surface area contributed by atoms with Gasteiger partial charge in [0.15, 0.2) is 11.6 Å². The lowest BCUT2D eigenvalue weighted by molar-refractivity contribution is -0.129. The molecule has 0 saturated heterocycles. The lowest BCUT2D eigenvalue weighted by Gasteiger charge is -2.18. The van der Waals surface area contributed by atoms with Crippen molar-refractivity contribution in [3.05, 3.63) is 71.8 Å². The minimum Gasteiger partial charge on any atom is -0.508 e. The number of aromatic hydroxyl groups is 2. The largest absolute Gasteiger partial charge is 0.508 e. The topological polar surface area (TPSA) is 91.7 Å². The summed E-state index contributed by atoms with van der Waals surface area (Å²) in [6.45, 7) is 1.45. The van der Waals surface area contributed by atoms with Gasteiger partial charge < -0.3 is 10.2 Å². The summed E-state index contributed by atoms with van der Waals surface area (Å²) >= 11 is 0. The van der Waals surface area contributed by atoms with E-state index in [4.69, 9.17) is 0 Å². The van der Waals surface area contributed by atoms with E-state index in [1.807, 2.05) is 12.1 Å². The molecule has 5 nitrogen and oxygen atoms in total. The third-order valence-electron chi connectivity index (χ3n) is 5.49. The first-order valence-electron chi connectivity index (χ1n) is 10.4. The van der Waals surface area contributed by atoms with Crippen molar-refractivity contribution < 1.29 is 24.6 Å². The van der Waals surface area contributed by atoms with E-state index in [0.29, 0.717) is 19.3 Å². The van der Waals surface area contributed by atoms with Crippen LogP contribution in [0.15, 0.2) is 60.7 Å². The molecule has 5 heteroatoms. The van der Waals surface area contributed by atoms with Crippen molar-refractivity contribution in [3.63, 3.8) is 0 Å². The van der Waals surface area contributed by atoms with Crippen LogP contribution in [0.3, 0.4) is 0 Å². The van der Waals surface area contributed by atoms with Gasteiger partial charge in [-0.3, -0.25) is 14.4 Å². The number of benzene rings is 2. The van der Waals surface area contributed by atoms with Gasteiger partial charge in [0.25, 0.3) is 0 Å². The Morgan fingerprint density at radius 1 is 0.839 bits per heavy atom. The van der Waals surface area contributed by atoms with Gasteiger partial charge >= 0.3 is 0 Å². The molecule has 31 heavy (non-hydrogen) atoms. The van der Waals surface area contributed by atoms with Gasteiger partial charge in [-0.2, -0.15) is 0 Å². The third-order valence-corrected chi connectivity index (χ3v) is 5.49. The van der Waals surface area contributed by atoms with Crippen molar-refractivity contribution in [2.75, 3.05) is 0 Å². The zero-order chi connectivity index (χ0) is 22.4. The minimum atomic E-state index is -0.476. The summed E-state index contributed by atoms with van der Waals surface area (Å²) in [6, 6.07) is 13.9. The average molecular weight is 418 g/mol. The smallest absolute Gasteiger partial charge is 0.166 e. The van der Waals surface area contributed by atoms with E-state index in [0.717, 1.165) is 35.1 Å². The van der Waals surface area contributed by atoms with Crippen molar-refractivity contribution in [2.45, 2.75) is 39.0 Å². The molecular weight excluding hydrogens is 392 g/mol. The predicted molar refractivity (Wildman–Crippen MR) is 119 cm³/mol. The number of phenols is 2. The van der Waals surface area contributed by atoms with Gasteiger partial charge in [0.1, 0.15) is 17.3 Å². The van der Waals surface area contributed by atoms with Crippen LogP contribution in [0, 0.1) is 5.92 Å². The third kappa shape index (κ3) is 6.01. The Hall–Kier alpha value is -3.47. The minimum absolute atomic E-state index is 0.0683. The zero-order valence-corrected chi connectivity index (χ0v) is 17.5. The molecule has 160 valence electrons. The molecule has 0 spiro atoms. The second-order valence-corrected chi connectivity index (χ2v) is 7.86. The van der Waals surface area contributed by atoms with Gasteiger partial charge in [-0.1, -0.05) is 24.3 Å². The maximum absolute atomic E-state index is 11.7. The van der Waals surface area contributed by atoms with Crippen molar-refractivity contribution >= 4 is 28.5 Å². The number of carbonyl (C=O) groups is 3. The highest BCUT2D eigenvalue weighted by atomic mass is 16.3. The second kappa shape index (κ2) is 10.0. The quantitative estimate of drug-likeness (QED) is 0.694. The van der Waals surface area contributed by atoms with E-state index in [2.05, 4.69) is 0 Å². The maximum Gasteiger partial charge on any atom is 0.166 e. The molecule has 2 aliphatic carbocycles. The molecule has 0 saturated carbocycles. The molecule has 0 amide bonds. The van der Waals surface area contributed by atoms with Gasteiger partial charge in [0.2, 0.25) is 0 Å².